The molecule has 0 saturated heterocycles. The van der Waals surface area contributed by atoms with Crippen LogP contribution in [0, 0.1) is 0 Å². The molecule has 1 aliphatic rings. The molecule has 4 rings (SSSR count). The number of aromatic nitrogens is 1. The molecule has 25 heavy (non-hydrogen) atoms. The molecule has 4 heteroatoms. The van der Waals surface area contributed by atoms with Crippen molar-refractivity contribution in [2.45, 2.75) is 32.1 Å². The Kier molecular flexibility index (Phi) is 4.61. The summed E-state index contributed by atoms with van der Waals surface area (Å²) in [5.41, 5.74) is 5.89. The molecule has 2 aromatic carbocycles. The van der Waals surface area contributed by atoms with Crippen LogP contribution >= 0.6 is 11.3 Å². The van der Waals surface area contributed by atoms with Gasteiger partial charge < -0.3 is 5.32 Å². The van der Waals surface area contributed by atoms with E-state index in [2.05, 4.69) is 33.9 Å². The highest BCUT2D eigenvalue weighted by molar-refractivity contribution is 7.10. The molecule has 0 spiro atoms. The maximum absolute atomic E-state index is 12.2. The molecule has 1 amide bonds. The number of para-hydroxylation sites is 1. The van der Waals surface area contributed by atoms with Crippen molar-refractivity contribution in [2.75, 3.05) is 5.32 Å². The first kappa shape index (κ1) is 16.0. The van der Waals surface area contributed by atoms with Crippen molar-refractivity contribution in [3.63, 3.8) is 0 Å². The van der Waals surface area contributed by atoms with E-state index in [-0.39, 0.29) is 5.91 Å². The normalized spacial score (nSPS) is 13.3. The van der Waals surface area contributed by atoms with Crippen LogP contribution in [0.25, 0.3) is 11.3 Å². The number of aryl methyl sites for hydroxylation is 2. The van der Waals surface area contributed by atoms with Gasteiger partial charge in [-0.15, -0.1) is 11.3 Å². The number of benzene rings is 2. The quantitative estimate of drug-likeness (QED) is 0.731. The van der Waals surface area contributed by atoms with E-state index in [1.807, 2.05) is 30.3 Å². The monoisotopic (exact) mass is 348 g/mol. The molecule has 0 radical (unpaired) electrons. The van der Waals surface area contributed by atoms with Gasteiger partial charge in [0.05, 0.1) is 12.1 Å². The van der Waals surface area contributed by atoms with Crippen molar-refractivity contribution < 1.29 is 4.79 Å². The SMILES string of the molecule is O=C(Cc1nc(-c2ccc3c(c2)CCCC3)cs1)Nc1ccccc1. The molecule has 0 atom stereocenters. The number of hydrogen-bond acceptors (Lipinski definition) is 3. The fourth-order valence-electron chi connectivity index (χ4n) is 3.28. The lowest BCUT2D eigenvalue weighted by Crippen LogP contribution is -2.14. The molecule has 0 unspecified atom stereocenters. The van der Waals surface area contributed by atoms with Gasteiger partial charge >= 0.3 is 0 Å². The summed E-state index contributed by atoms with van der Waals surface area (Å²) in [5, 5.41) is 5.81. The minimum atomic E-state index is -0.0301. The van der Waals surface area contributed by atoms with E-state index in [0.717, 1.165) is 22.0 Å². The molecule has 3 aromatic rings. The summed E-state index contributed by atoms with van der Waals surface area (Å²) in [6.45, 7) is 0. The summed E-state index contributed by atoms with van der Waals surface area (Å²) in [6.07, 6.45) is 5.24. The topological polar surface area (TPSA) is 42.0 Å². The predicted molar refractivity (Wildman–Crippen MR) is 103 cm³/mol. The Hall–Kier alpha value is -2.46. The predicted octanol–water partition coefficient (Wildman–Crippen LogP) is 4.87. The average molecular weight is 348 g/mol. The van der Waals surface area contributed by atoms with Gasteiger partial charge in [-0.05, 0) is 55.0 Å². The van der Waals surface area contributed by atoms with Crippen molar-refractivity contribution in [1.29, 1.82) is 0 Å². The highest BCUT2D eigenvalue weighted by Crippen LogP contribution is 2.28. The molecule has 1 N–H and O–H groups in total. The van der Waals surface area contributed by atoms with Gasteiger partial charge in [0.2, 0.25) is 5.91 Å². The van der Waals surface area contributed by atoms with E-state index in [9.17, 15) is 4.79 Å². The number of amides is 1. The Balaban J connectivity index is 1.46. The van der Waals surface area contributed by atoms with Crippen molar-refractivity contribution in [2.24, 2.45) is 0 Å². The van der Waals surface area contributed by atoms with E-state index < -0.39 is 0 Å². The molecule has 0 saturated carbocycles. The molecule has 3 nitrogen and oxygen atoms in total. The van der Waals surface area contributed by atoms with E-state index >= 15 is 0 Å². The Bertz CT molecular complexity index is 886. The number of rotatable bonds is 4. The lowest BCUT2D eigenvalue weighted by Gasteiger charge is -2.16. The number of carbonyl (C=O) groups is 1. The Morgan fingerprint density at radius 1 is 1.04 bits per heavy atom. The van der Waals surface area contributed by atoms with Crippen LogP contribution < -0.4 is 5.32 Å². The Labute approximate surface area is 151 Å². The van der Waals surface area contributed by atoms with Gasteiger partial charge in [0, 0.05) is 16.6 Å². The number of thiazole rings is 1. The van der Waals surface area contributed by atoms with Crippen LogP contribution in [0.5, 0.6) is 0 Å². The number of nitrogens with zero attached hydrogens (tertiary/aromatic N) is 1. The average Bonchev–Trinajstić information content (AvgIpc) is 3.10. The van der Waals surface area contributed by atoms with Crippen molar-refractivity contribution in [1.82, 2.24) is 4.98 Å². The molecular formula is C21H20N2OS. The van der Waals surface area contributed by atoms with Gasteiger partial charge in [0.1, 0.15) is 5.01 Å². The Morgan fingerprint density at radius 2 is 1.84 bits per heavy atom. The molecule has 1 aliphatic carbocycles. The van der Waals surface area contributed by atoms with Crippen LogP contribution in [0.3, 0.4) is 0 Å². The first-order chi connectivity index (χ1) is 12.3. The zero-order chi connectivity index (χ0) is 17.1. The Morgan fingerprint density at radius 3 is 2.68 bits per heavy atom. The van der Waals surface area contributed by atoms with Gasteiger partial charge in [0.25, 0.3) is 0 Å². The van der Waals surface area contributed by atoms with Crippen molar-refractivity contribution in [3.05, 3.63) is 70.0 Å². The van der Waals surface area contributed by atoms with Crippen LogP contribution in [0.15, 0.2) is 53.9 Å². The maximum atomic E-state index is 12.2. The summed E-state index contributed by atoms with van der Waals surface area (Å²) in [7, 11) is 0. The fourth-order valence-corrected chi connectivity index (χ4v) is 4.08. The van der Waals surface area contributed by atoms with Gasteiger partial charge in [0.15, 0.2) is 0 Å². The number of anilines is 1. The fraction of sp³-hybridized carbons (Fsp3) is 0.238. The molecule has 1 aromatic heterocycles. The number of hydrogen-bond donors (Lipinski definition) is 1. The lowest BCUT2D eigenvalue weighted by atomic mass is 9.90. The lowest BCUT2D eigenvalue weighted by molar-refractivity contribution is -0.115. The summed E-state index contributed by atoms with van der Waals surface area (Å²) >= 11 is 1.55. The molecule has 126 valence electrons. The van der Waals surface area contributed by atoms with Crippen LogP contribution in [-0.2, 0) is 24.1 Å². The minimum absolute atomic E-state index is 0.0301. The minimum Gasteiger partial charge on any atom is -0.326 e. The first-order valence-electron chi connectivity index (χ1n) is 8.69. The third kappa shape index (κ3) is 3.80. The second-order valence-electron chi connectivity index (χ2n) is 6.41. The maximum Gasteiger partial charge on any atom is 0.231 e. The highest BCUT2D eigenvalue weighted by atomic mass is 32.1. The van der Waals surface area contributed by atoms with Gasteiger partial charge in [-0.1, -0.05) is 30.3 Å². The smallest absolute Gasteiger partial charge is 0.231 e. The molecular weight excluding hydrogens is 328 g/mol. The van der Waals surface area contributed by atoms with E-state index in [0.29, 0.717) is 6.42 Å². The van der Waals surface area contributed by atoms with Gasteiger partial charge in [-0.2, -0.15) is 0 Å². The van der Waals surface area contributed by atoms with Gasteiger partial charge in [-0.3, -0.25) is 4.79 Å². The number of carbonyl (C=O) groups excluding carboxylic acids is 1. The molecule has 0 fully saturated rings. The van der Waals surface area contributed by atoms with Crippen LogP contribution in [-0.4, -0.2) is 10.9 Å². The van der Waals surface area contributed by atoms with Crippen molar-refractivity contribution >= 4 is 22.9 Å². The van der Waals surface area contributed by atoms with Crippen LogP contribution in [0.4, 0.5) is 5.69 Å². The first-order valence-corrected chi connectivity index (χ1v) is 9.57. The van der Waals surface area contributed by atoms with Crippen LogP contribution in [0.1, 0.15) is 29.0 Å². The van der Waals surface area contributed by atoms with Crippen molar-refractivity contribution in [3.8, 4) is 11.3 Å². The number of fused-ring (bicyclic) bond motifs is 1. The third-order valence-electron chi connectivity index (χ3n) is 4.57. The summed E-state index contributed by atoms with van der Waals surface area (Å²) in [5.74, 6) is -0.0301. The van der Waals surface area contributed by atoms with E-state index in [4.69, 9.17) is 0 Å². The van der Waals surface area contributed by atoms with E-state index in [1.165, 1.54) is 36.8 Å². The van der Waals surface area contributed by atoms with E-state index in [1.54, 1.807) is 11.3 Å². The molecule has 0 aliphatic heterocycles. The standard InChI is InChI=1S/C21H20N2OS/c24-20(22-18-8-2-1-3-9-18)13-21-23-19(14-25-21)17-11-10-15-6-4-5-7-16(15)12-17/h1-3,8-12,14H,4-7,13H2,(H,22,24). The number of nitrogens with one attached hydrogen (secondary N) is 1. The third-order valence-corrected chi connectivity index (χ3v) is 5.41. The summed E-state index contributed by atoms with van der Waals surface area (Å²) < 4.78 is 0. The second kappa shape index (κ2) is 7.19. The largest absolute Gasteiger partial charge is 0.326 e. The summed E-state index contributed by atoms with van der Waals surface area (Å²) in [6, 6.07) is 16.2. The zero-order valence-electron chi connectivity index (χ0n) is 14.0. The second-order valence-corrected chi connectivity index (χ2v) is 7.35. The van der Waals surface area contributed by atoms with Crippen LogP contribution in [0.2, 0.25) is 0 Å². The van der Waals surface area contributed by atoms with Gasteiger partial charge in [-0.25, -0.2) is 4.98 Å². The highest BCUT2D eigenvalue weighted by Gasteiger charge is 2.13. The zero-order valence-corrected chi connectivity index (χ0v) is 14.8. The summed E-state index contributed by atoms with van der Waals surface area (Å²) in [4.78, 5) is 16.8. The molecule has 1 heterocycles. The molecule has 0 bridgehead atoms.